The van der Waals surface area contributed by atoms with Gasteiger partial charge in [-0.15, -0.1) is 5.73 Å². The monoisotopic (exact) mass is 284 g/mol. The zero-order chi connectivity index (χ0) is 15.5. The van der Waals surface area contributed by atoms with E-state index in [1.165, 1.54) is 0 Å². The fraction of sp³-hybridized carbons (Fsp3) is 0.250. The lowest BCUT2D eigenvalue weighted by Crippen LogP contribution is -2.27. The van der Waals surface area contributed by atoms with Crippen molar-refractivity contribution >= 4 is 23.5 Å². The third-order valence-electron chi connectivity index (χ3n) is 2.52. The van der Waals surface area contributed by atoms with Crippen LogP contribution in [0.3, 0.4) is 0 Å². The molecule has 5 nitrogen and oxygen atoms in total. The van der Waals surface area contributed by atoms with Crippen LogP contribution in [0.4, 0.5) is 0 Å². The fourth-order valence-corrected chi connectivity index (χ4v) is 1.52. The van der Waals surface area contributed by atoms with E-state index in [1.54, 1.807) is 19.1 Å². The van der Waals surface area contributed by atoms with Gasteiger partial charge in [-0.1, -0.05) is 30.3 Å². The molecule has 108 valence electrons. The summed E-state index contributed by atoms with van der Waals surface area (Å²) in [5.74, 6) is -1.47. The Labute approximate surface area is 123 Å². The average molecular weight is 284 g/mol. The molecular weight excluding hydrogens is 268 g/mol. The summed E-state index contributed by atoms with van der Waals surface area (Å²) >= 11 is 0. The number of benzene rings is 1. The summed E-state index contributed by atoms with van der Waals surface area (Å²) < 4.78 is 4.62. The number of hydrogen-bond acceptors (Lipinski definition) is 3. The molecule has 0 saturated heterocycles. The van der Waals surface area contributed by atoms with E-state index in [1.807, 2.05) is 30.3 Å². The van der Waals surface area contributed by atoms with Crippen LogP contribution in [0.2, 0.25) is 0 Å². The van der Waals surface area contributed by atoms with E-state index in [-0.39, 0.29) is 13.0 Å². The Morgan fingerprint density at radius 2 is 2.05 bits per heavy atom. The lowest BCUT2D eigenvalue weighted by atomic mass is 10.1. The zero-order valence-corrected chi connectivity index (χ0v) is 11.8. The lowest BCUT2D eigenvalue weighted by Gasteiger charge is -1.95. The summed E-state index contributed by atoms with van der Waals surface area (Å²) in [6, 6.07) is 9.62. The number of Topliss-reactive ketones (excluding diaryl/α,β-unsaturated/α-hetero) is 1. The van der Waals surface area contributed by atoms with Gasteiger partial charge in [0.2, 0.25) is 0 Å². The molecule has 1 aromatic rings. The Morgan fingerprint density at radius 1 is 1.33 bits per heavy atom. The third kappa shape index (κ3) is 5.83. The molecule has 1 aromatic carbocycles. The highest BCUT2D eigenvalue weighted by Crippen LogP contribution is 2.00. The summed E-state index contributed by atoms with van der Waals surface area (Å²) in [5.41, 5.74) is 12.1. The van der Waals surface area contributed by atoms with Crippen LogP contribution in [0.1, 0.15) is 25.3 Å². The van der Waals surface area contributed by atoms with Crippen LogP contribution in [-0.4, -0.2) is 28.9 Å². The molecule has 0 aliphatic heterocycles. The van der Waals surface area contributed by atoms with E-state index in [2.05, 4.69) is 15.3 Å². The maximum Gasteiger partial charge on any atom is 0.441 e. The minimum atomic E-state index is -0.909. The summed E-state index contributed by atoms with van der Waals surface area (Å²) in [6.45, 7) is 1.72. The van der Waals surface area contributed by atoms with Gasteiger partial charge in [0.15, 0.2) is 0 Å². The van der Waals surface area contributed by atoms with Crippen LogP contribution in [0.5, 0.6) is 0 Å². The quantitative estimate of drug-likeness (QED) is 0.193. The molecule has 0 fully saturated rings. The third-order valence-corrected chi connectivity index (χ3v) is 2.52. The first-order valence-electron chi connectivity index (χ1n) is 6.57. The highest BCUT2D eigenvalue weighted by Gasteiger charge is 2.29. The molecule has 5 heteroatoms. The minimum absolute atomic E-state index is 0.0494. The van der Waals surface area contributed by atoms with Crippen LogP contribution in [-0.2, 0) is 14.3 Å². The molecule has 0 aromatic heterocycles. The molecular formula is C16H16N2O3. The number of allylic oxidation sites excluding steroid dienone is 1. The Bertz CT molecular complexity index is 608. The summed E-state index contributed by atoms with van der Waals surface area (Å²) in [5, 5.41) is 0. The second-order valence-electron chi connectivity index (χ2n) is 4.06. The molecule has 0 atom stereocenters. The van der Waals surface area contributed by atoms with Crippen molar-refractivity contribution in [1.29, 1.82) is 0 Å². The Kier molecular flexibility index (Phi) is 7.15. The molecule has 1 rings (SSSR count). The van der Waals surface area contributed by atoms with Gasteiger partial charge >= 0.3 is 11.7 Å². The van der Waals surface area contributed by atoms with Crippen molar-refractivity contribution in [2.24, 2.45) is 0 Å². The van der Waals surface area contributed by atoms with Crippen molar-refractivity contribution in [3.63, 3.8) is 0 Å². The topological polar surface area (TPSA) is 79.8 Å². The van der Waals surface area contributed by atoms with Gasteiger partial charge in [-0.3, -0.25) is 4.79 Å². The van der Waals surface area contributed by atoms with Gasteiger partial charge in [-0.05, 0) is 31.1 Å². The second kappa shape index (κ2) is 9.21. The van der Waals surface area contributed by atoms with Gasteiger partial charge in [-0.25, -0.2) is 4.79 Å². The van der Waals surface area contributed by atoms with Crippen LogP contribution < -0.4 is 0 Å². The zero-order valence-electron chi connectivity index (χ0n) is 11.8. The van der Waals surface area contributed by atoms with Crippen molar-refractivity contribution in [3.05, 3.63) is 53.2 Å². The maximum atomic E-state index is 11.7. The van der Waals surface area contributed by atoms with Gasteiger partial charge in [0.05, 0.1) is 6.61 Å². The van der Waals surface area contributed by atoms with E-state index in [0.717, 1.165) is 5.56 Å². The number of nitrogens with zero attached hydrogens (tertiary/aromatic N) is 2. The van der Waals surface area contributed by atoms with E-state index < -0.39 is 17.5 Å². The fourth-order valence-electron chi connectivity index (χ4n) is 1.52. The number of carbonyl (C=O) groups is 2. The van der Waals surface area contributed by atoms with Gasteiger partial charge in [-0.2, -0.15) is 4.79 Å². The summed E-state index contributed by atoms with van der Waals surface area (Å²) in [7, 11) is 0. The number of ketones is 1. The van der Waals surface area contributed by atoms with Crippen LogP contribution in [0.15, 0.2) is 42.1 Å². The number of carbonyl (C=O) groups excluding carboxylic acids is 2. The van der Waals surface area contributed by atoms with Crippen LogP contribution in [0.25, 0.3) is 11.6 Å². The van der Waals surface area contributed by atoms with Gasteiger partial charge in [0, 0.05) is 6.42 Å². The van der Waals surface area contributed by atoms with Gasteiger partial charge in [0.25, 0.3) is 5.78 Å². The first-order chi connectivity index (χ1) is 10.2. The molecule has 0 aliphatic rings. The van der Waals surface area contributed by atoms with Crippen LogP contribution in [0, 0.1) is 0 Å². The van der Waals surface area contributed by atoms with E-state index in [0.29, 0.717) is 6.42 Å². The summed E-state index contributed by atoms with van der Waals surface area (Å²) in [6.07, 6.45) is 3.91. The van der Waals surface area contributed by atoms with E-state index >= 15 is 0 Å². The second-order valence-corrected chi connectivity index (χ2v) is 4.06. The highest BCUT2D eigenvalue weighted by atomic mass is 16.5. The Morgan fingerprint density at radius 3 is 2.67 bits per heavy atom. The van der Waals surface area contributed by atoms with E-state index in [9.17, 15) is 9.59 Å². The molecule has 21 heavy (non-hydrogen) atoms. The van der Waals surface area contributed by atoms with Crippen molar-refractivity contribution < 1.29 is 19.1 Å². The lowest BCUT2D eigenvalue weighted by molar-refractivity contribution is -0.141. The molecule has 0 saturated carbocycles. The van der Waals surface area contributed by atoms with Crippen molar-refractivity contribution in [2.45, 2.75) is 19.8 Å². The number of ether oxygens (including phenoxy) is 1. The highest BCUT2D eigenvalue weighted by molar-refractivity contribution is 6.62. The van der Waals surface area contributed by atoms with Crippen molar-refractivity contribution in [1.82, 2.24) is 0 Å². The van der Waals surface area contributed by atoms with Crippen molar-refractivity contribution in [2.75, 3.05) is 6.61 Å². The Balaban J connectivity index is 2.51. The largest absolute Gasteiger partial charge is 0.457 e. The molecule has 0 heterocycles. The predicted molar refractivity (Wildman–Crippen MR) is 78.5 cm³/mol. The molecule has 0 amide bonds. The number of esters is 1. The van der Waals surface area contributed by atoms with Crippen molar-refractivity contribution in [3.8, 4) is 0 Å². The normalized spacial score (nSPS) is 9.00. The average Bonchev–Trinajstić information content (AvgIpc) is 2.49. The number of hydrogen-bond donors (Lipinski definition) is 0. The first-order valence-corrected chi connectivity index (χ1v) is 6.57. The summed E-state index contributed by atoms with van der Waals surface area (Å²) in [4.78, 5) is 25.7. The molecule has 0 radical (unpaired) electrons. The standard InChI is InChI=1S/C16H16N2O3/c1-2-21-16(20)15(18-17)14(19)12-8-4-7-11-13-9-5-3-6-10-13/h3-6,9-11H,2,8,12H2,1H3. The van der Waals surface area contributed by atoms with Crippen LogP contribution >= 0.6 is 0 Å². The smallest absolute Gasteiger partial charge is 0.441 e. The van der Waals surface area contributed by atoms with Gasteiger partial charge in [0.1, 0.15) is 0 Å². The maximum absolute atomic E-state index is 11.7. The first kappa shape index (κ1) is 16.3. The molecule has 0 bridgehead atoms. The minimum Gasteiger partial charge on any atom is -0.457 e. The SMILES string of the molecule is CCOC(=O)C(=[N+]=[N-])C(=O)CCC=C=Cc1ccccc1. The molecule has 0 aliphatic carbocycles. The molecule has 0 unspecified atom stereocenters. The predicted octanol–water partition coefficient (Wildman–Crippen LogP) is 2.44. The van der Waals surface area contributed by atoms with Gasteiger partial charge < -0.3 is 10.3 Å². The van der Waals surface area contributed by atoms with E-state index in [4.69, 9.17) is 5.53 Å². The Hall–Kier alpha value is -2.74. The number of rotatable bonds is 7. The molecule has 0 N–H and O–H groups in total. The molecule has 0 spiro atoms.